The second-order valence-corrected chi connectivity index (χ2v) is 5.87. The van der Waals surface area contributed by atoms with Crippen molar-refractivity contribution in [2.24, 2.45) is 0 Å². The molecule has 0 bridgehead atoms. The first-order chi connectivity index (χ1) is 12.1. The van der Waals surface area contributed by atoms with Crippen molar-refractivity contribution < 1.29 is 14.3 Å². The van der Waals surface area contributed by atoms with Gasteiger partial charge in [0.05, 0.1) is 0 Å². The Morgan fingerprint density at radius 3 is 2.64 bits per heavy atom. The van der Waals surface area contributed by atoms with Crippen LogP contribution in [-0.4, -0.2) is 17.8 Å². The van der Waals surface area contributed by atoms with E-state index in [0.717, 1.165) is 11.3 Å². The third-order valence-electron chi connectivity index (χ3n) is 3.23. The summed E-state index contributed by atoms with van der Waals surface area (Å²) in [5.74, 6) is 1.01. The molecule has 2 aromatic rings. The van der Waals surface area contributed by atoms with Crippen molar-refractivity contribution in [3.05, 3.63) is 59.1 Å². The highest BCUT2D eigenvalue weighted by Crippen LogP contribution is 2.32. The predicted molar refractivity (Wildman–Crippen MR) is 101 cm³/mol. The van der Waals surface area contributed by atoms with E-state index in [0.29, 0.717) is 16.5 Å². The van der Waals surface area contributed by atoms with Crippen LogP contribution in [0.15, 0.2) is 48.5 Å². The molecule has 1 heterocycles. The van der Waals surface area contributed by atoms with Crippen LogP contribution in [0, 0.1) is 0 Å². The highest BCUT2D eigenvalue weighted by atomic mass is 35.5. The molecule has 0 saturated heterocycles. The number of ether oxygens (including phenoxy) is 2. The first-order valence-electron chi connectivity index (χ1n) is 7.30. The molecule has 0 spiro atoms. The maximum absolute atomic E-state index is 11.8. The standard InChI is InChI=1S/C17H14ClN3O3S/c18-12-3-5-13(6-4-12)19-17(25)21-20-16(22)8-2-11-1-7-14-15(9-11)24-10-23-14/h1-9H,10H2,(H,20,22)(H2,19,21,25)/b8-2+. The number of nitrogens with one attached hydrogen (secondary N) is 3. The van der Waals surface area contributed by atoms with Gasteiger partial charge in [-0.25, -0.2) is 0 Å². The average molecular weight is 376 g/mol. The van der Waals surface area contributed by atoms with E-state index in [-0.39, 0.29) is 17.8 Å². The molecule has 0 saturated carbocycles. The molecule has 3 N–H and O–H groups in total. The summed E-state index contributed by atoms with van der Waals surface area (Å²) < 4.78 is 10.5. The van der Waals surface area contributed by atoms with Gasteiger partial charge >= 0.3 is 0 Å². The third-order valence-corrected chi connectivity index (χ3v) is 3.68. The van der Waals surface area contributed by atoms with Crippen LogP contribution in [0.4, 0.5) is 5.69 Å². The van der Waals surface area contributed by atoms with Gasteiger partial charge in [-0.05, 0) is 60.3 Å². The first-order valence-corrected chi connectivity index (χ1v) is 8.09. The van der Waals surface area contributed by atoms with Gasteiger partial charge in [0, 0.05) is 16.8 Å². The van der Waals surface area contributed by atoms with Gasteiger partial charge < -0.3 is 14.8 Å². The number of hydrogen-bond acceptors (Lipinski definition) is 4. The lowest BCUT2D eigenvalue weighted by molar-refractivity contribution is -0.116. The lowest BCUT2D eigenvalue weighted by atomic mass is 10.2. The Hall–Kier alpha value is -2.77. The summed E-state index contributed by atoms with van der Waals surface area (Å²) >= 11 is 10.9. The number of hydrazine groups is 1. The molecule has 0 aromatic heterocycles. The first kappa shape index (κ1) is 17.1. The van der Waals surface area contributed by atoms with Crippen molar-refractivity contribution >= 4 is 46.6 Å². The Bertz CT molecular complexity index is 824. The molecule has 6 nitrogen and oxygen atoms in total. The van der Waals surface area contributed by atoms with Crippen LogP contribution in [0.1, 0.15) is 5.56 Å². The second-order valence-electron chi connectivity index (χ2n) is 5.02. The minimum Gasteiger partial charge on any atom is -0.454 e. The SMILES string of the molecule is O=C(/C=C/c1ccc2c(c1)OCO2)NNC(=S)Nc1ccc(Cl)cc1. The minimum atomic E-state index is -0.349. The van der Waals surface area contributed by atoms with Crippen molar-refractivity contribution in [3.8, 4) is 11.5 Å². The Labute approximate surface area is 154 Å². The number of thiocarbonyl (C=S) groups is 1. The molecule has 8 heteroatoms. The zero-order chi connectivity index (χ0) is 17.6. The predicted octanol–water partition coefficient (Wildman–Crippen LogP) is 3.10. The Morgan fingerprint density at radius 1 is 1.08 bits per heavy atom. The quantitative estimate of drug-likeness (QED) is 0.435. The van der Waals surface area contributed by atoms with Gasteiger partial charge in [0.25, 0.3) is 5.91 Å². The Balaban J connectivity index is 1.47. The molecule has 128 valence electrons. The van der Waals surface area contributed by atoms with Crippen molar-refractivity contribution in [2.45, 2.75) is 0 Å². The summed E-state index contributed by atoms with van der Waals surface area (Å²) in [4.78, 5) is 11.8. The number of carbonyl (C=O) groups excluding carboxylic acids is 1. The molecule has 1 aliphatic heterocycles. The summed E-state index contributed by atoms with van der Waals surface area (Å²) in [6.07, 6.45) is 3.05. The van der Waals surface area contributed by atoms with Gasteiger partial charge in [0.2, 0.25) is 6.79 Å². The van der Waals surface area contributed by atoms with Gasteiger partial charge in [0.15, 0.2) is 16.6 Å². The molecule has 25 heavy (non-hydrogen) atoms. The van der Waals surface area contributed by atoms with Crippen LogP contribution in [0.25, 0.3) is 6.08 Å². The monoisotopic (exact) mass is 375 g/mol. The van der Waals surface area contributed by atoms with Gasteiger partial charge in [-0.1, -0.05) is 17.7 Å². The van der Waals surface area contributed by atoms with Gasteiger partial charge in [-0.2, -0.15) is 0 Å². The van der Waals surface area contributed by atoms with Gasteiger partial charge in [-0.3, -0.25) is 15.6 Å². The molecule has 3 rings (SSSR count). The molecular weight excluding hydrogens is 362 g/mol. The normalized spacial score (nSPS) is 12.0. The topological polar surface area (TPSA) is 71.6 Å². The fraction of sp³-hybridized carbons (Fsp3) is 0.0588. The van der Waals surface area contributed by atoms with E-state index in [2.05, 4.69) is 16.2 Å². The van der Waals surface area contributed by atoms with E-state index in [1.165, 1.54) is 6.08 Å². The maximum Gasteiger partial charge on any atom is 0.262 e. The highest BCUT2D eigenvalue weighted by molar-refractivity contribution is 7.80. The summed E-state index contributed by atoms with van der Waals surface area (Å²) in [7, 11) is 0. The van der Waals surface area contributed by atoms with Crippen molar-refractivity contribution in [1.82, 2.24) is 10.9 Å². The number of anilines is 1. The third kappa shape index (κ3) is 4.85. The van der Waals surface area contributed by atoms with Crippen molar-refractivity contribution in [1.29, 1.82) is 0 Å². The largest absolute Gasteiger partial charge is 0.454 e. The molecule has 0 fully saturated rings. The molecule has 0 unspecified atom stereocenters. The van der Waals surface area contributed by atoms with Crippen LogP contribution in [0.3, 0.4) is 0 Å². The number of fused-ring (bicyclic) bond motifs is 1. The van der Waals surface area contributed by atoms with Crippen LogP contribution >= 0.6 is 23.8 Å². The fourth-order valence-corrected chi connectivity index (χ4v) is 2.34. The van der Waals surface area contributed by atoms with Crippen molar-refractivity contribution in [2.75, 3.05) is 12.1 Å². The average Bonchev–Trinajstić information content (AvgIpc) is 3.08. The molecule has 0 aliphatic carbocycles. The smallest absolute Gasteiger partial charge is 0.262 e. The van der Waals surface area contributed by atoms with Crippen LogP contribution in [0.5, 0.6) is 11.5 Å². The Morgan fingerprint density at radius 2 is 1.84 bits per heavy atom. The second kappa shape index (κ2) is 7.87. The lowest BCUT2D eigenvalue weighted by Crippen LogP contribution is -2.43. The zero-order valence-electron chi connectivity index (χ0n) is 12.9. The molecule has 1 aliphatic rings. The number of amides is 1. The molecule has 1 amide bonds. The van der Waals surface area contributed by atoms with Gasteiger partial charge in [0.1, 0.15) is 0 Å². The van der Waals surface area contributed by atoms with Crippen LogP contribution < -0.4 is 25.6 Å². The Kier molecular flexibility index (Phi) is 5.37. The molecule has 2 aromatic carbocycles. The minimum absolute atomic E-state index is 0.213. The van der Waals surface area contributed by atoms with Crippen LogP contribution in [-0.2, 0) is 4.79 Å². The van der Waals surface area contributed by atoms with Crippen molar-refractivity contribution in [3.63, 3.8) is 0 Å². The molecular formula is C17H14ClN3O3S. The fourth-order valence-electron chi connectivity index (χ4n) is 2.04. The lowest BCUT2D eigenvalue weighted by Gasteiger charge is -2.10. The van der Waals surface area contributed by atoms with E-state index in [1.807, 2.05) is 6.07 Å². The molecule has 0 radical (unpaired) electrons. The summed E-state index contributed by atoms with van der Waals surface area (Å²) in [6.45, 7) is 0.213. The van der Waals surface area contributed by atoms with E-state index >= 15 is 0 Å². The van der Waals surface area contributed by atoms with E-state index in [9.17, 15) is 4.79 Å². The number of halogens is 1. The van der Waals surface area contributed by atoms with Gasteiger partial charge in [-0.15, -0.1) is 0 Å². The van der Waals surface area contributed by atoms with E-state index in [4.69, 9.17) is 33.3 Å². The maximum atomic E-state index is 11.8. The van der Waals surface area contributed by atoms with E-state index < -0.39 is 0 Å². The van der Waals surface area contributed by atoms with Crippen LogP contribution in [0.2, 0.25) is 5.02 Å². The summed E-state index contributed by atoms with van der Waals surface area (Å²) in [6, 6.07) is 12.4. The number of rotatable bonds is 3. The summed E-state index contributed by atoms with van der Waals surface area (Å²) in [5.41, 5.74) is 6.67. The number of benzene rings is 2. The molecule has 0 atom stereocenters. The summed E-state index contributed by atoms with van der Waals surface area (Å²) in [5, 5.41) is 3.81. The zero-order valence-corrected chi connectivity index (χ0v) is 14.5. The highest BCUT2D eigenvalue weighted by Gasteiger charge is 2.12. The van der Waals surface area contributed by atoms with E-state index in [1.54, 1.807) is 42.5 Å². The number of hydrogen-bond donors (Lipinski definition) is 3. The number of carbonyl (C=O) groups is 1.